The maximum absolute atomic E-state index is 12.4. The Bertz CT molecular complexity index is 728. The summed E-state index contributed by atoms with van der Waals surface area (Å²) in [5.41, 5.74) is 1.00. The van der Waals surface area contributed by atoms with Crippen molar-refractivity contribution in [2.45, 2.75) is 55.8 Å². The summed E-state index contributed by atoms with van der Waals surface area (Å²) < 4.78 is 5.85. The number of phenols is 1. The average Bonchev–Trinajstić information content (AvgIpc) is 3.25. The largest absolute Gasteiger partial charge is 0.504 e. The molecule has 1 aromatic carbocycles. The smallest absolute Gasteiger partial charge is 0.174 e. The number of ether oxygens (including phenoxy) is 1. The fourth-order valence-electron chi connectivity index (χ4n) is 5.13. The summed E-state index contributed by atoms with van der Waals surface area (Å²) in [6.07, 6.45) is 3.46. The van der Waals surface area contributed by atoms with Crippen molar-refractivity contribution in [2.75, 3.05) is 13.6 Å². The molecular formula is C19H23NO4. The predicted octanol–water partition coefficient (Wildman–Crippen LogP) is 1.60. The number of benzene rings is 1. The van der Waals surface area contributed by atoms with Crippen LogP contribution in [0.15, 0.2) is 12.1 Å². The Morgan fingerprint density at radius 3 is 2.92 bits per heavy atom. The predicted molar refractivity (Wildman–Crippen MR) is 87.3 cm³/mol. The van der Waals surface area contributed by atoms with Crippen LogP contribution in [0.5, 0.6) is 11.5 Å². The number of Topliss-reactive ketones (excluding diaryl/α,β-unsaturated/α-hetero) is 1. The first kappa shape index (κ1) is 14.7. The van der Waals surface area contributed by atoms with Crippen molar-refractivity contribution >= 4 is 5.78 Å². The zero-order chi connectivity index (χ0) is 16.6. The van der Waals surface area contributed by atoms with Gasteiger partial charge in [0.1, 0.15) is 0 Å². The number of hydrogen-bond donors (Lipinski definition) is 2. The van der Waals surface area contributed by atoms with Crippen LogP contribution in [0.4, 0.5) is 0 Å². The Morgan fingerprint density at radius 1 is 1.38 bits per heavy atom. The molecule has 0 saturated heterocycles. The van der Waals surface area contributed by atoms with Gasteiger partial charge in [0, 0.05) is 24.6 Å². The molecular weight excluding hydrogens is 306 g/mol. The van der Waals surface area contributed by atoms with Gasteiger partial charge in [0.25, 0.3) is 0 Å². The molecule has 0 spiro atoms. The van der Waals surface area contributed by atoms with Gasteiger partial charge in [-0.15, -0.1) is 0 Å². The van der Waals surface area contributed by atoms with Crippen molar-refractivity contribution < 1.29 is 19.7 Å². The number of carbonyl (C=O) groups is 1. The number of nitrogens with zero attached hydrogens (tertiary/aromatic N) is 1. The molecule has 1 aromatic rings. The summed E-state index contributed by atoms with van der Waals surface area (Å²) in [6.45, 7) is 0.999. The first-order valence-corrected chi connectivity index (χ1v) is 8.96. The number of hydrogen-bond acceptors (Lipinski definition) is 5. The van der Waals surface area contributed by atoms with Crippen LogP contribution in [0.2, 0.25) is 0 Å². The number of aromatic hydroxyl groups is 1. The van der Waals surface area contributed by atoms with E-state index in [-0.39, 0.29) is 23.5 Å². The molecule has 5 nitrogen and oxygen atoms in total. The lowest BCUT2D eigenvalue weighted by atomic mass is 9.61. The van der Waals surface area contributed by atoms with E-state index >= 15 is 0 Å². The second-order valence-corrected chi connectivity index (χ2v) is 8.06. The molecule has 3 aliphatic carbocycles. The number of aliphatic hydroxyl groups is 1. The number of carbonyl (C=O) groups excluding carboxylic acids is 1. The molecule has 0 unspecified atom stereocenters. The molecule has 128 valence electrons. The van der Waals surface area contributed by atoms with E-state index in [2.05, 4.69) is 11.9 Å². The highest BCUT2D eigenvalue weighted by Crippen LogP contribution is 2.58. The van der Waals surface area contributed by atoms with Crippen molar-refractivity contribution in [3.63, 3.8) is 0 Å². The lowest BCUT2D eigenvalue weighted by Crippen LogP contribution is -2.63. The Morgan fingerprint density at radius 2 is 2.17 bits per heavy atom. The highest BCUT2D eigenvalue weighted by molar-refractivity contribution is 5.88. The number of phenolic OH excluding ortho intramolecular Hbond substituents is 1. The highest BCUT2D eigenvalue weighted by atomic mass is 16.5. The molecule has 1 aliphatic heterocycles. The van der Waals surface area contributed by atoms with E-state index in [9.17, 15) is 15.0 Å². The van der Waals surface area contributed by atoms with Crippen LogP contribution in [-0.2, 0) is 11.2 Å². The van der Waals surface area contributed by atoms with Gasteiger partial charge in [-0.25, -0.2) is 0 Å². The summed E-state index contributed by atoms with van der Waals surface area (Å²) in [7, 11) is 2.09. The van der Waals surface area contributed by atoms with Crippen LogP contribution in [0.3, 0.4) is 0 Å². The fourth-order valence-corrected chi connectivity index (χ4v) is 5.13. The van der Waals surface area contributed by atoms with Gasteiger partial charge < -0.3 is 14.9 Å². The second kappa shape index (κ2) is 4.73. The molecule has 2 saturated carbocycles. The maximum atomic E-state index is 12.4. The van der Waals surface area contributed by atoms with E-state index in [0.29, 0.717) is 18.6 Å². The van der Waals surface area contributed by atoms with Crippen LogP contribution in [0, 0.1) is 5.92 Å². The number of likely N-dealkylation sites (N-methyl/N-ethyl adjacent to an activating group) is 1. The minimum Gasteiger partial charge on any atom is -0.504 e. The topological polar surface area (TPSA) is 70.0 Å². The number of ketones is 1. The summed E-state index contributed by atoms with van der Waals surface area (Å²) in [5, 5.41) is 21.8. The molecule has 2 N–H and O–H groups in total. The Balaban J connectivity index is 1.62. The summed E-state index contributed by atoms with van der Waals surface area (Å²) in [6, 6.07) is 3.57. The molecule has 5 rings (SSSR count). The monoisotopic (exact) mass is 329 g/mol. The molecule has 0 bridgehead atoms. The fraction of sp³-hybridized carbons (Fsp3) is 0.632. The van der Waals surface area contributed by atoms with E-state index < -0.39 is 11.7 Å². The SMILES string of the molecule is CN(CC1CC1)[C@@H]1Cc2ccc(O)c3c2[C@H]2[C@@H](O3)C(=O)CC[C@]21O. The van der Waals surface area contributed by atoms with E-state index in [4.69, 9.17) is 4.74 Å². The molecule has 0 radical (unpaired) electrons. The van der Waals surface area contributed by atoms with Crippen molar-refractivity contribution in [1.29, 1.82) is 0 Å². The third-order valence-corrected chi connectivity index (χ3v) is 6.52. The van der Waals surface area contributed by atoms with Crippen LogP contribution < -0.4 is 4.74 Å². The second-order valence-electron chi connectivity index (χ2n) is 8.06. The van der Waals surface area contributed by atoms with E-state index in [1.54, 1.807) is 6.07 Å². The summed E-state index contributed by atoms with van der Waals surface area (Å²) in [4.78, 5) is 14.7. The average molecular weight is 329 g/mol. The maximum Gasteiger partial charge on any atom is 0.174 e. The zero-order valence-corrected chi connectivity index (χ0v) is 13.9. The van der Waals surface area contributed by atoms with Crippen LogP contribution in [-0.4, -0.2) is 52.2 Å². The van der Waals surface area contributed by atoms with Crippen molar-refractivity contribution in [3.8, 4) is 11.5 Å². The molecule has 2 fully saturated rings. The third-order valence-electron chi connectivity index (χ3n) is 6.52. The molecule has 4 atom stereocenters. The lowest BCUT2D eigenvalue weighted by molar-refractivity contribution is -0.146. The van der Waals surface area contributed by atoms with Gasteiger partial charge in [-0.3, -0.25) is 9.69 Å². The lowest BCUT2D eigenvalue weighted by Gasteiger charge is -2.51. The minimum atomic E-state index is -0.964. The Kier molecular flexibility index (Phi) is 2.90. The minimum absolute atomic E-state index is 0.00899. The van der Waals surface area contributed by atoms with Gasteiger partial charge >= 0.3 is 0 Å². The van der Waals surface area contributed by atoms with Gasteiger partial charge in [0.2, 0.25) is 0 Å². The van der Waals surface area contributed by atoms with Crippen LogP contribution in [0.25, 0.3) is 0 Å². The van der Waals surface area contributed by atoms with Gasteiger partial charge in [0.15, 0.2) is 23.4 Å². The summed E-state index contributed by atoms with van der Waals surface area (Å²) in [5.74, 6) is 0.923. The van der Waals surface area contributed by atoms with Crippen LogP contribution in [0.1, 0.15) is 42.7 Å². The molecule has 24 heavy (non-hydrogen) atoms. The van der Waals surface area contributed by atoms with E-state index in [0.717, 1.165) is 30.0 Å². The third kappa shape index (κ3) is 1.85. The first-order valence-electron chi connectivity index (χ1n) is 8.96. The van der Waals surface area contributed by atoms with Crippen molar-refractivity contribution in [3.05, 3.63) is 23.3 Å². The van der Waals surface area contributed by atoms with Crippen molar-refractivity contribution in [1.82, 2.24) is 4.90 Å². The molecule has 0 amide bonds. The van der Waals surface area contributed by atoms with Gasteiger partial charge in [0.05, 0.1) is 11.5 Å². The zero-order valence-electron chi connectivity index (χ0n) is 13.9. The Labute approximate surface area is 141 Å². The highest BCUT2D eigenvalue weighted by Gasteiger charge is 2.61. The molecule has 5 heteroatoms. The standard InChI is InChI=1S/C19H23NO4/c1-20(9-10-2-3-10)14-8-11-4-5-12(21)17-15(11)16-18(24-17)13(22)6-7-19(14,16)23/h4-5,10,14,16,18,21,23H,2-3,6-9H2,1H3/t14-,16+,18+,19-/m1/s1. The number of rotatable bonds is 3. The van der Waals surface area contributed by atoms with Gasteiger partial charge in [-0.2, -0.15) is 0 Å². The first-order chi connectivity index (χ1) is 11.5. The Hall–Kier alpha value is -1.59. The van der Waals surface area contributed by atoms with Crippen molar-refractivity contribution in [2.24, 2.45) is 5.92 Å². The summed E-state index contributed by atoms with van der Waals surface area (Å²) >= 11 is 0. The quantitative estimate of drug-likeness (QED) is 0.881. The van der Waals surface area contributed by atoms with Crippen LogP contribution >= 0.6 is 0 Å². The molecule has 0 aromatic heterocycles. The van der Waals surface area contributed by atoms with E-state index in [1.807, 2.05) is 6.07 Å². The van der Waals surface area contributed by atoms with Gasteiger partial charge in [-0.05, 0) is 50.3 Å². The molecule has 1 heterocycles. The van der Waals surface area contributed by atoms with E-state index in [1.165, 1.54) is 12.8 Å². The molecule has 4 aliphatic rings. The van der Waals surface area contributed by atoms with Gasteiger partial charge in [-0.1, -0.05) is 6.07 Å². The normalized spacial score (nSPS) is 36.6.